The van der Waals surface area contributed by atoms with Crippen LogP contribution in [0.4, 0.5) is 4.79 Å². The highest BCUT2D eigenvalue weighted by molar-refractivity contribution is 5.86. The molecule has 0 saturated heterocycles. The Morgan fingerprint density at radius 3 is 1.57 bits per heavy atom. The number of methoxy groups -OCH3 is 1. The zero-order chi connectivity index (χ0) is 21.9. The molecule has 2 aliphatic rings. The van der Waals surface area contributed by atoms with Gasteiger partial charge in [0.1, 0.15) is 11.1 Å². The molecule has 0 atom stereocenters. The smallest absolute Gasteiger partial charge is 0.407 e. The summed E-state index contributed by atoms with van der Waals surface area (Å²) in [7, 11) is 1.22. The van der Waals surface area contributed by atoms with E-state index in [2.05, 4.69) is 10.1 Å². The lowest BCUT2D eigenvalue weighted by Crippen LogP contribution is -2.55. The monoisotopic (exact) mass is 412 g/mol. The van der Waals surface area contributed by atoms with Crippen molar-refractivity contribution in [2.24, 2.45) is 5.73 Å². The van der Waals surface area contributed by atoms with Gasteiger partial charge in [-0.3, -0.25) is 4.79 Å². The maximum absolute atomic E-state index is 11.4. The van der Waals surface area contributed by atoms with Crippen molar-refractivity contribution in [3.05, 3.63) is 70.8 Å². The average Bonchev–Trinajstić information content (AvgIpc) is 3.26. The van der Waals surface area contributed by atoms with Crippen molar-refractivity contribution in [3.8, 4) is 0 Å². The molecule has 0 radical (unpaired) electrons. The van der Waals surface area contributed by atoms with Crippen molar-refractivity contribution in [2.45, 2.75) is 36.8 Å². The van der Waals surface area contributed by atoms with E-state index < -0.39 is 29.1 Å². The zero-order valence-corrected chi connectivity index (χ0v) is 16.6. The molecule has 0 aromatic heterocycles. The fourth-order valence-electron chi connectivity index (χ4n) is 3.95. The second kappa shape index (κ2) is 8.16. The molecule has 0 heterocycles. The normalized spacial score (nSPS) is 17.0. The highest BCUT2D eigenvalue weighted by Crippen LogP contribution is 2.30. The largest absolute Gasteiger partial charge is 0.480 e. The first-order valence-electron chi connectivity index (χ1n) is 9.44. The number of aliphatic carboxylic acids is 2. The van der Waals surface area contributed by atoms with Gasteiger partial charge < -0.3 is 26.0 Å². The molecular formula is C22H24N2O6. The van der Waals surface area contributed by atoms with E-state index in [-0.39, 0.29) is 12.8 Å². The fourth-order valence-corrected chi connectivity index (χ4v) is 3.95. The van der Waals surface area contributed by atoms with Crippen LogP contribution in [-0.2, 0) is 40.0 Å². The lowest BCUT2D eigenvalue weighted by molar-refractivity contribution is -0.144. The van der Waals surface area contributed by atoms with Crippen molar-refractivity contribution in [3.63, 3.8) is 0 Å². The van der Waals surface area contributed by atoms with E-state index in [1.165, 1.54) is 7.11 Å². The Balaban J connectivity index is 0.000000177. The predicted octanol–water partition coefficient (Wildman–Crippen LogP) is 1.53. The number of benzene rings is 2. The summed E-state index contributed by atoms with van der Waals surface area (Å²) in [6, 6.07) is 15.2. The van der Waals surface area contributed by atoms with Crippen LogP contribution in [-0.4, -0.2) is 46.4 Å². The molecule has 8 heteroatoms. The Hall–Kier alpha value is -3.39. The minimum absolute atomic E-state index is 0.285. The molecule has 0 spiro atoms. The van der Waals surface area contributed by atoms with Crippen LogP contribution in [0.3, 0.4) is 0 Å². The Morgan fingerprint density at radius 1 is 0.833 bits per heavy atom. The van der Waals surface area contributed by atoms with Crippen LogP contribution < -0.4 is 11.1 Å². The summed E-state index contributed by atoms with van der Waals surface area (Å²) in [6.07, 6.45) is 0.735. The van der Waals surface area contributed by atoms with Crippen LogP contribution in [0.1, 0.15) is 22.3 Å². The number of ether oxygens (including phenoxy) is 1. The molecule has 30 heavy (non-hydrogen) atoms. The van der Waals surface area contributed by atoms with E-state index in [1.807, 2.05) is 48.5 Å². The molecule has 4 rings (SSSR count). The van der Waals surface area contributed by atoms with Crippen LogP contribution >= 0.6 is 0 Å². The first kappa shape index (κ1) is 21.3. The van der Waals surface area contributed by atoms with Gasteiger partial charge in [-0.1, -0.05) is 48.5 Å². The summed E-state index contributed by atoms with van der Waals surface area (Å²) in [6.45, 7) is 0. The van der Waals surface area contributed by atoms with Gasteiger partial charge >= 0.3 is 18.0 Å². The van der Waals surface area contributed by atoms with Gasteiger partial charge in [0.25, 0.3) is 0 Å². The second-order valence-corrected chi connectivity index (χ2v) is 7.71. The Bertz CT molecular complexity index is 937. The third kappa shape index (κ3) is 4.13. The number of hydrogen-bond acceptors (Lipinski definition) is 5. The SMILES string of the molecule is COC(=O)NC1(C(=O)O)Cc2ccccc2C1.NC1(C(=O)O)Cc2ccccc2C1. The topological polar surface area (TPSA) is 139 Å². The first-order chi connectivity index (χ1) is 14.2. The van der Waals surface area contributed by atoms with E-state index in [0.717, 1.165) is 22.3 Å². The third-order valence-electron chi connectivity index (χ3n) is 5.60. The number of carbonyl (C=O) groups is 3. The van der Waals surface area contributed by atoms with Crippen molar-refractivity contribution in [1.82, 2.24) is 5.32 Å². The second-order valence-electron chi connectivity index (χ2n) is 7.71. The van der Waals surface area contributed by atoms with Gasteiger partial charge in [0, 0.05) is 25.7 Å². The summed E-state index contributed by atoms with van der Waals surface area (Å²) in [4.78, 5) is 33.5. The van der Waals surface area contributed by atoms with Crippen molar-refractivity contribution >= 4 is 18.0 Å². The molecule has 1 amide bonds. The van der Waals surface area contributed by atoms with Crippen LogP contribution in [0.2, 0.25) is 0 Å². The minimum atomic E-state index is -1.28. The molecule has 2 aromatic rings. The fraction of sp³-hybridized carbons (Fsp3) is 0.318. The third-order valence-corrected chi connectivity index (χ3v) is 5.60. The lowest BCUT2D eigenvalue weighted by atomic mass is 9.96. The number of carbonyl (C=O) groups excluding carboxylic acids is 1. The van der Waals surface area contributed by atoms with Crippen molar-refractivity contribution in [2.75, 3.05) is 7.11 Å². The summed E-state index contributed by atoms with van der Waals surface area (Å²) < 4.78 is 4.47. The number of rotatable bonds is 3. The van der Waals surface area contributed by atoms with Gasteiger partial charge in [0.2, 0.25) is 0 Å². The number of hydrogen-bond donors (Lipinski definition) is 4. The summed E-state index contributed by atoms with van der Waals surface area (Å²) in [5.41, 5.74) is 7.42. The minimum Gasteiger partial charge on any atom is -0.480 e. The van der Waals surface area contributed by atoms with Gasteiger partial charge in [0.15, 0.2) is 0 Å². The molecule has 158 valence electrons. The molecule has 0 aliphatic heterocycles. The summed E-state index contributed by atoms with van der Waals surface area (Å²) in [5.74, 6) is -1.96. The van der Waals surface area contributed by atoms with E-state index >= 15 is 0 Å². The van der Waals surface area contributed by atoms with Gasteiger partial charge in [0.05, 0.1) is 7.11 Å². The lowest BCUT2D eigenvalue weighted by Gasteiger charge is -2.24. The number of carboxylic acid groups (broad SMARTS) is 2. The molecule has 5 N–H and O–H groups in total. The summed E-state index contributed by atoms with van der Waals surface area (Å²) in [5, 5.41) is 20.7. The molecule has 8 nitrogen and oxygen atoms in total. The maximum Gasteiger partial charge on any atom is 0.407 e. The number of amides is 1. The molecule has 2 aliphatic carbocycles. The number of nitrogens with one attached hydrogen (secondary N) is 1. The van der Waals surface area contributed by atoms with Crippen LogP contribution in [0, 0.1) is 0 Å². The molecular weight excluding hydrogens is 388 g/mol. The number of alkyl carbamates (subject to hydrolysis) is 1. The predicted molar refractivity (Wildman–Crippen MR) is 108 cm³/mol. The summed E-state index contributed by atoms with van der Waals surface area (Å²) >= 11 is 0. The Morgan fingerprint density at radius 2 is 1.23 bits per heavy atom. The highest BCUT2D eigenvalue weighted by atomic mass is 16.5. The van der Waals surface area contributed by atoms with Crippen molar-refractivity contribution in [1.29, 1.82) is 0 Å². The molecule has 0 saturated carbocycles. The number of nitrogens with two attached hydrogens (primary N) is 1. The maximum atomic E-state index is 11.4. The first-order valence-corrected chi connectivity index (χ1v) is 9.44. The molecule has 0 bridgehead atoms. The number of fused-ring (bicyclic) bond motifs is 2. The Kier molecular flexibility index (Phi) is 5.80. The van der Waals surface area contributed by atoms with Gasteiger partial charge in [-0.05, 0) is 22.3 Å². The quantitative estimate of drug-likeness (QED) is 0.599. The van der Waals surface area contributed by atoms with Gasteiger partial charge in [-0.15, -0.1) is 0 Å². The van der Waals surface area contributed by atoms with Crippen LogP contribution in [0.5, 0.6) is 0 Å². The number of carboxylic acids is 2. The van der Waals surface area contributed by atoms with Gasteiger partial charge in [-0.25, -0.2) is 9.59 Å². The molecule has 2 aromatic carbocycles. The molecule has 0 fully saturated rings. The van der Waals surface area contributed by atoms with E-state index in [0.29, 0.717) is 12.8 Å². The van der Waals surface area contributed by atoms with Crippen molar-refractivity contribution < 1.29 is 29.3 Å². The van der Waals surface area contributed by atoms with E-state index in [1.54, 1.807) is 0 Å². The van der Waals surface area contributed by atoms with Crippen LogP contribution in [0.15, 0.2) is 48.5 Å². The molecule has 0 unspecified atom stereocenters. The van der Waals surface area contributed by atoms with E-state index in [4.69, 9.17) is 10.8 Å². The van der Waals surface area contributed by atoms with E-state index in [9.17, 15) is 19.5 Å². The highest BCUT2D eigenvalue weighted by Gasteiger charge is 2.45. The zero-order valence-electron chi connectivity index (χ0n) is 16.6. The van der Waals surface area contributed by atoms with Crippen LogP contribution in [0.25, 0.3) is 0 Å². The average molecular weight is 412 g/mol. The van der Waals surface area contributed by atoms with Gasteiger partial charge in [-0.2, -0.15) is 0 Å². The Labute approximate surface area is 173 Å². The standard InChI is InChI=1S/C12H13NO4.C10H11NO2/c1-17-11(16)13-12(10(14)15)6-8-4-2-3-5-9(8)7-12;11-10(9(12)13)5-7-3-1-2-4-8(7)6-10/h2-5H,6-7H2,1H3,(H,13,16)(H,14,15);1-4H,5-6,11H2,(H,12,13).